The summed E-state index contributed by atoms with van der Waals surface area (Å²) in [5.41, 5.74) is 1.66. The van der Waals surface area contributed by atoms with Gasteiger partial charge in [0.15, 0.2) is 0 Å². The lowest BCUT2D eigenvalue weighted by Gasteiger charge is -2.28. The molecule has 2 aliphatic rings. The first-order valence-corrected chi connectivity index (χ1v) is 13.2. The molecule has 5 rings (SSSR count). The number of carbonyl (C=O) groups excluding carboxylic acids is 1. The molecule has 0 atom stereocenters. The average Bonchev–Trinajstić information content (AvgIpc) is 3.47. The van der Waals surface area contributed by atoms with Crippen molar-refractivity contribution in [2.75, 3.05) is 17.6 Å². The Kier molecular flexibility index (Phi) is 6.09. The third-order valence-electron chi connectivity index (χ3n) is 6.25. The number of pyridine rings is 1. The molecule has 1 fully saturated rings. The van der Waals surface area contributed by atoms with E-state index in [1.54, 1.807) is 22.9 Å². The topological polar surface area (TPSA) is 123 Å². The highest BCUT2D eigenvalue weighted by Gasteiger charge is 2.34. The lowest BCUT2D eigenvalue weighted by molar-refractivity contribution is 0.102. The van der Waals surface area contributed by atoms with Gasteiger partial charge in [0.25, 0.3) is 5.91 Å². The molecule has 1 amide bonds. The largest absolute Gasteiger partial charge is 0.306 e. The maximum Gasteiger partial charge on any atom is 0.259 e. The minimum absolute atomic E-state index is 0.0114. The summed E-state index contributed by atoms with van der Waals surface area (Å²) in [5, 5.41) is 14.3. The number of fused-ring (bicyclic) bond motifs is 1. The second-order valence-electron chi connectivity index (χ2n) is 9.31. The predicted octanol–water partition coefficient (Wildman–Crippen LogP) is 2.81. The lowest BCUT2D eigenvalue weighted by Crippen LogP contribution is -2.38. The lowest BCUT2D eigenvalue weighted by atomic mass is 9.97. The summed E-state index contributed by atoms with van der Waals surface area (Å²) in [7, 11) is -3.38. The van der Waals surface area contributed by atoms with Crippen molar-refractivity contribution in [3.8, 4) is 11.5 Å². The third-order valence-corrected chi connectivity index (χ3v) is 8.24. The zero-order valence-corrected chi connectivity index (χ0v) is 20.3. The van der Waals surface area contributed by atoms with Crippen LogP contribution in [0.25, 0.3) is 11.5 Å². The first-order chi connectivity index (χ1) is 16.7. The predicted molar refractivity (Wildman–Crippen MR) is 126 cm³/mol. The Morgan fingerprint density at radius 2 is 2.03 bits per heavy atom. The molecular weight excluding hydrogens is 473 g/mol. The highest BCUT2D eigenvalue weighted by atomic mass is 32.2. The minimum Gasteiger partial charge on any atom is -0.306 e. The van der Waals surface area contributed by atoms with Crippen molar-refractivity contribution in [1.29, 1.82) is 0 Å². The van der Waals surface area contributed by atoms with Crippen molar-refractivity contribution in [2.24, 2.45) is 5.92 Å². The third kappa shape index (κ3) is 4.94. The Hall–Kier alpha value is -3.25. The van der Waals surface area contributed by atoms with Crippen LogP contribution in [0.15, 0.2) is 30.3 Å². The average molecular weight is 500 g/mol. The Balaban J connectivity index is 1.36. The first kappa shape index (κ1) is 23.5. The summed E-state index contributed by atoms with van der Waals surface area (Å²) in [6.07, 6.45) is 2.30. The molecule has 1 aliphatic carbocycles. The van der Waals surface area contributed by atoms with Gasteiger partial charge in [-0.3, -0.25) is 4.79 Å². The summed E-state index contributed by atoms with van der Waals surface area (Å²) in [6.45, 7) is 4.32. The van der Waals surface area contributed by atoms with Gasteiger partial charge in [-0.25, -0.2) is 22.5 Å². The summed E-state index contributed by atoms with van der Waals surface area (Å²) >= 11 is 0. The molecule has 35 heavy (non-hydrogen) atoms. The van der Waals surface area contributed by atoms with E-state index in [4.69, 9.17) is 0 Å². The molecule has 0 bridgehead atoms. The van der Waals surface area contributed by atoms with Crippen molar-refractivity contribution < 1.29 is 17.6 Å². The molecule has 1 saturated carbocycles. The van der Waals surface area contributed by atoms with Crippen LogP contribution in [0.5, 0.6) is 0 Å². The van der Waals surface area contributed by atoms with E-state index >= 15 is 0 Å². The summed E-state index contributed by atoms with van der Waals surface area (Å²) in [6, 6.07) is 7.79. The number of nitrogens with zero attached hydrogens (tertiary/aromatic N) is 6. The zero-order chi connectivity index (χ0) is 24.7. The van der Waals surface area contributed by atoms with Gasteiger partial charge in [-0.05, 0) is 84.8 Å². The van der Waals surface area contributed by atoms with Crippen molar-refractivity contribution in [2.45, 2.75) is 45.7 Å². The fraction of sp³-hybridized carbons (Fsp3) is 0.435. The second-order valence-corrected chi connectivity index (χ2v) is 11.3. The number of halogens is 1. The van der Waals surface area contributed by atoms with Gasteiger partial charge in [-0.15, -0.1) is 5.10 Å². The molecular formula is C23H26FN7O3S. The Morgan fingerprint density at radius 1 is 1.23 bits per heavy atom. The normalized spacial score (nSPS) is 16.3. The minimum atomic E-state index is -3.38. The van der Waals surface area contributed by atoms with Crippen LogP contribution in [0.4, 0.5) is 10.2 Å². The number of carbonyl (C=O) groups is 1. The number of rotatable bonds is 7. The fourth-order valence-corrected chi connectivity index (χ4v) is 6.02. The molecule has 1 aromatic carbocycles. The number of hydrogen-bond donors (Lipinski definition) is 1. The Labute approximate surface area is 202 Å². The molecule has 1 N–H and O–H groups in total. The molecule has 3 aromatic rings. The molecule has 12 heteroatoms. The zero-order valence-electron chi connectivity index (χ0n) is 19.5. The first-order valence-electron chi connectivity index (χ1n) is 11.6. The van der Waals surface area contributed by atoms with E-state index in [0.29, 0.717) is 30.0 Å². The molecule has 10 nitrogen and oxygen atoms in total. The smallest absolute Gasteiger partial charge is 0.259 e. The molecule has 0 unspecified atom stereocenters. The van der Waals surface area contributed by atoms with Crippen LogP contribution in [-0.4, -0.2) is 56.1 Å². The van der Waals surface area contributed by atoms with Crippen molar-refractivity contribution >= 4 is 21.7 Å². The number of anilines is 1. The van der Waals surface area contributed by atoms with Crippen LogP contribution >= 0.6 is 0 Å². The van der Waals surface area contributed by atoms with Crippen LogP contribution < -0.4 is 5.32 Å². The fourth-order valence-electron chi connectivity index (χ4n) is 4.18. The van der Waals surface area contributed by atoms with E-state index in [1.807, 2.05) is 13.8 Å². The number of aromatic nitrogens is 5. The second kappa shape index (κ2) is 9.08. The Morgan fingerprint density at radius 3 is 2.77 bits per heavy atom. The highest BCUT2D eigenvalue weighted by molar-refractivity contribution is 7.89. The van der Waals surface area contributed by atoms with Crippen molar-refractivity contribution in [3.05, 3.63) is 52.8 Å². The maximum absolute atomic E-state index is 14.8. The summed E-state index contributed by atoms with van der Waals surface area (Å²) in [4.78, 5) is 17.4. The molecule has 3 heterocycles. The number of amides is 1. The van der Waals surface area contributed by atoms with Gasteiger partial charge in [0.2, 0.25) is 15.8 Å². The van der Waals surface area contributed by atoms with Crippen LogP contribution in [0, 0.1) is 11.7 Å². The monoisotopic (exact) mass is 499 g/mol. The SMILES string of the molecule is CC(C)n1nnnc1-c1cccc(NC(=O)c2cc3c(cc2F)CCN(S(=O)(=O)CC2CC2)C3)n1. The van der Waals surface area contributed by atoms with E-state index in [-0.39, 0.29) is 35.6 Å². The number of benzene rings is 1. The van der Waals surface area contributed by atoms with E-state index in [0.717, 1.165) is 18.4 Å². The van der Waals surface area contributed by atoms with Crippen LogP contribution in [0.3, 0.4) is 0 Å². The van der Waals surface area contributed by atoms with Gasteiger partial charge in [0, 0.05) is 13.1 Å². The Bertz CT molecular complexity index is 1390. The number of hydrogen-bond acceptors (Lipinski definition) is 7. The standard InChI is InChI=1S/C23H26FN7O3S/c1-14(2)31-22(27-28-29-31)20-4-3-5-21(25-20)26-23(32)18-10-17-12-30(9-8-16(17)11-19(18)24)35(33,34)13-15-6-7-15/h3-5,10-11,14-15H,6-9,12-13H2,1-2H3,(H,25,26,32). The van der Waals surface area contributed by atoms with E-state index in [2.05, 4.69) is 25.8 Å². The summed E-state index contributed by atoms with van der Waals surface area (Å²) in [5.74, 6) is -0.268. The van der Waals surface area contributed by atoms with Gasteiger partial charge in [-0.1, -0.05) is 6.07 Å². The van der Waals surface area contributed by atoms with Crippen LogP contribution in [-0.2, 0) is 23.0 Å². The van der Waals surface area contributed by atoms with Crippen LogP contribution in [0.2, 0.25) is 0 Å². The van der Waals surface area contributed by atoms with Gasteiger partial charge >= 0.3 is 0 Å². The number of sulfonamides is 1. The van der Waals surface area contributed by atoms with Crippen LogP contribution in [0.1, 0.15) is 54.2 Å². The molecule has 1 aliphatic heterocycles. The maximum atomic E-state index is 14.8. The van der Waals surface area contributed by atoms with Crippen molar-refractivity contribution in [3.63, 3.8) is 0 Å². The molecule has 0 radical (unpaired) electrons. The quantitative estimate of drug-likeness (QED) is 0.530. The van der Waals surface area contributed by atoms with Gasteiger partial charge in [-0.2, -0.15) is 4.31 Å². The van der Waals surface area contributed by atoms with E-state index in [9.17, 15) is 17.6 Å². The van der Waals surface area contributed by atoms with Crippen molar-refractivity contribution in [1.82, 2.24) is 29.5 Å². The van der Waals surface area contributed by atoms with Gasteiger partial charge < -0.3 is 5.32 Å². The number of tetrazole rings is 1. The number of nitrogens with one attached hydrogen (secondary N) is 1. The van der Waals surface area contributed by atoms with Gasteiger partial charge in [0.1, 0.15) is 17.3 Å². The van der Waals surface area contributed by atoms with E-state index in [1.165, 1.54) is 16.4 Å². The molecule has 184 valence electrons. The van der Waals surface area contributed by atoms with E-state index < -0.39 is 21.7 Å². The molecule has 2 aromatic heterocycles. The summed E-state index contributed by atoms with van der Waals surface area (Å²) < 4.78 is 43.3. The highest BCUT2D eigenvalue weighted by Crippen LogP contribution is 2.33. The molecule has 0 spiro atoms. The molecule has 0 saturated heterocycles. The van der Waals surface area contributed by atoms with Gasteiger partial charge in [0.05, 0.1) is 17.4 Å².